The minimum Gasteiger partial charge on any atom is -0.471 e. The van der Waals surface area contributed by atoms with Crippen molar-refractivity contribution < 1.29 is 4.74 Å². The summed E-state index contributed by atoms with van der Waals surface area (Å²) < 4.78 is 5.39. The molecule has 5 heteroatoms. The summed E-state index contributed by atoms with van der Waals surface area (Å²) in [6.45, 7) is 5.26. The highest BCUT2D eigenvalue weighted by molar-refractivity contribution is 5.91. The van der Waals surface area contributed by atoms with E-state index in [2.05, 4.69) is 0 Å². The molecule has 1 heterocycles. The van der Waals surface area contributed by atoms with Gasteiger partial charge in [-0.1, -0.05) is 13.8 Å². The van der Waals surface area contributed by atoms with Crippen LogP contribution in [0.2, 0.25) is 0 Å². The minimum atomic E-state index is -1.60. The highest BCUT2D eigenvalue weighted by Gasteiger charge is 2.84. The van der Waals surface area contributed by atoms with E-state index in [1.54, 1.807) is 6.92 Å². The first-order valence-electron chi connectivity index (χ1n) is 5.29. The molecule has 2 fully saturated rings. The van der Waals surface area contributed by atoms with E-state index in [9.17, 15) is 15.8 Å². The standard InChI is InChI=1S/C12H12N4O/c1-9(2)4-10(3)11(5-13,6-14)12(9,7-15)8(16)17-10/h16H,4H2,1-3H3/t10-,12-/m1/s1. The van der Waals surface area contributed by atoms with E-state index in [0.717, 1.165) is 0 Å². The van der Waals surface area contributed by atoms with Crippen molar-refractivity contribution in [3.8, 4) is 18.2 Å². The van der Waals surface area contributed by atoms with E-state index in [1.807, 2.05) is 32.1 Å². The summed E-state index contributed by atoms with van der Waals surface area (Å²) in [6.07, 6.45) is 0.414. The van der Waals surface area contributed by atoms with E-state index in [-0.39, 0.29) is 5.90 Å². The van der Waals surface area contributed by atoms with E-state index >= 15 is 0 Å². The lowest BCUT2D eigenvalue weighted by atomic mass is 9.58. The molecule has 0 aromatic heterocycles. The fraction of sp³-hybridized carbons (Fsp3) is 0.667. The maximum Gasteiger partial charge on any atom is 0.210 e. The van der Waals surface area contributed by atoms with Crippen LogP contribution < -0.4 is 0 Å². The molecule has 86 valence electrons. The van der Waals surface area contributed by atoms with E-state index in [0.29, 0.717) is 6.42 Å². The first kappa shape index (κ1) is 11.4. The summed E-state index contributed by atoms with van der Waals surface area (Å²) in [5.41, 5.74) is -4.78. The third-order valence-electron chi connectivity index (χ3n) is 4.32. The van der Waals surface area contributed by atoms with Gasteiger partial charge in [0.2, 0.25) is 11.3 Å². The number of rotatable bonds is 0. The molecule has 0 amide bonds. The second-order valence-corrected chi connectivity index (χ2v) is 5.56. The molecule has 2 atom stereocenters. The van der Waals surface area contributed by atoms with Gasteiger partial charge in [0, 0.05) is 0 Å². The van der Waals surface area contributed by atoms with Crippen molar-refractivity contribution in [3.63, 3.8) is 0 Å². The van der Waals surface area contributed by atoms with Crippen molar-refractivity contribution in [2.45, 2.75) is 32.8 Å². The molecule has 1 aliphatic heterocycles. The lowest BCUT2D eigenvalue weighted by molar-refractivity contribution is 0.0376. The molecule has 17 heavy (non-hydrogen) atoms. The fourth-order valence-electron chi connectivity index (χ4n) is 3.62. The van der Waals surface area contributed by atoms with Gasteiger partial charge in [-0.15, -0.1) is 0 Å². The zero-order valence-corrected chi connectivity index (χ0v) is 9.96. The van der Waals surface area contributed by atoms with E-state index in [4.69, 9.17) is 10.1 Å². The maximum absolute atomic E-state index is 9.49. The lowest BCUT2D eigenvalue weighted by Gasteiger charge is -2.37. The van der Waals surface area contributed by atoms with Gasteiger partial charge in [0.1, 0.15) is 5.60 Å². The van der Waals surface area contributed by atoms with Gasteiger partial charge in [0.25, 0.3) is 0 Å². The Morgan fingerprint density at radius 2 is 1.65 bits per heavy atom. The Morgan fingerprint density at radius 3 is 1.94 bits per heavy atom. The van der Waals surface area contributed by atoms with Crippen LogP contribution in [0.25, 0.3) is 0 Å². The molecule has 2 rings (SSSR count). The predicted octanol–water partition coefficient (Wildman–Crippen LogP) is 1.73. The number of nitrogens with zero attached hydrogens (tertiary/aromatic N) is 3. The summed E-state index contributed by atoms with van der Waals surface area (Å²) in [7, 11) is 0. The Bertz CT molecular complexity index is 530. The molecule has 1 saturated carbocycles. The van der Waals surface area contributed by atoms with Crippen molar-refractivity contribution in [1.29, 1.82) is 21.2 Å². The van der Waals surface area contributed by atoms with Gasteiger partial charge in [-0.2, -0.15) is 15.8 Å². The van der Waals surface area contributed by atoms with Crippen LogP contribution in [0.15, 0.2) is 0 Å². The third-order valence-corrected chi connectivity index (χ3v) is 4.32. The normalized spacial score (nSPS) is 39.9. The summed E-state index contributed by atoms with van der Waals surface area (Å²) >= 11 is 0. The zero-order valence-electron chi connectivity index (χ0n) is 9.96. The van der Waals surface area contributed by atoms with Crippen LogP contribution in [-0.2, 0) is 4.74 Å². The zero-order chi connectivity index (χ0) is 13.1. The Hall–Kier alpha value is -2.06. The molecule has 0 unspecified atom stereocenters. The Labute approximate surface area is 99.7 Å². The van der Waals surface area contributed by atoms with Crippen molar-refractivity contribution >= 4 is 5.90 Å². The summed E-state index contributed by atoms with van der Waals surface area (Å²) in [4.78, 5) is 0. The number of nitrogens with one attached hydrogen (secondary N) is 1. The van der Waals surface area contributed by atoms with Crippen LogP contribution in [0.4, 0.5) is 0 Å². The number of hydrogen-bond acceptors (Lipinski definition) is 5. The maximum atomic E-state index is 9.49. The summed E-state index contributed by atoms with van der Waals surface area (Å²) in [5, 5.41) is 36.2. The van der Waals surface area contributed by atoms with Crippen molar-refractivity contribution in [2.24, 2.45) is 16.2 Å². The molecule has 0 aromatic rings. The Kier molecular flexibility index (Phi) is 1.75. The predicted molar refractivity (Wildman–Crippen MR) is 57.3 cm³/mol. The highest BCUT2D eigenvalue weighted by Crippen LogP contribution is 2.72. The van der Waals surface area contributed by atoms with E-state index < -0.39 is 21.8 Å². The quantitative estimate of drug-likeness (QED) is 0.681. The van der Waals surface area contributed by atoms with Crippen molar-refractivity contribution in [2.75, 3.05) is 0 Å². The monoisotopic (exact) mass is 228 g/mol. The van der Waals surface area contributed by atoms with Gasteiger partial charge in [-0.05, 0) is 18.8 Å². The lowest BCUT2D eigenvalue weighted by Crippen LogP contribution is -2.46. The molecule has 0 radical (unpaired) electrons. The van der Waals surface area contributed by atoms with Gasteiger partial charge in [0.05, 0.1) is 18.2 Å². The van der Waals surface area contributed by atoms with Gasteiger partial charge in [0.15, 0.2) is 5.41 Å². The number of hydrogen-bond donors (Lipinski definition) is 1. The number of ether oxygens (including phenoxy) is 1. The van der Waals surface area contributed by atoms with Gasteiger partial charge in [-0.25, -0.2) is 0 Å². The molecule has 0 spiro atoms. The Balaban J connectivity index is 2.90. The molecule has 1 N–H and O–H groups in total. The van der Waals surface area contributed by atoms with Crippen LogP contribution in [0, 0.1) is 55.6 Å². The molecule has 2 aliphatic rings. The average Bonchev–Trinajstić information content (AvgIpc) is 2.50. The third kappa shape index (κ3) is 0.766. The average molecular weight is 228 g/mol. The first-order valence-corrected chi connectivity index (χ1v) is 5.29. The van der Waals surface area contributed by atoms with Crippen LogP contribution in [0.5, 0.6) is 0 Å². The van der Waals surface area contributed by atoms with Gasteiger partial charge < -0.3 is 4.74 Å². The second-order valence-electron chi connectivity index (χ2n) is 5.56. The molecule has 2 bridgehead atoms. The summed E-state index contributed by atoms with van der Waals surface area (Å²) in [5.74, 6) is -0.248. The molecule has 0 aromatic carbocycles. The molecule has 1 aliphatic carbocycles. The number of nitriles is 3. The molecule has 1 saturated heterocycles. The highest BCUT2D eigenvalue weighted by atomic mass is 16.5. The van der Waals surface area contributed by atoms with Crippen molar-refractivity contribution in [3.05, 3.63) is 0 Å². The van der Waals surface area contributed by atoms with Crippen LogP contribution >= 0.6 is 0 Å². The minimum absolute atomic E-state index is 0.248. The SMILES string of the molecule is CC1(C)C[C@@]2(C)OC(=N)[C@@]1(C#N)C2(C#N)C#N. The number of fused-ring (bicyclic) bond motifs is 2. The van der Waals surface area contributed by atoms with E-state index in [1.165, 1.54) is 0 Å². The summed E-state index contributed by atoms with van der Waals surface area (Å²) in [6, 6.07) is 5.95. The molecular formula is C12H12N4O. The smallest absolute Gasteiger partial charge is 0.210 e. The topological polar surface area (TPSA) is 104 Å². The molecule has 5 nitrogen and oxygen atoms in total. The molecular weight excluding hydrogens is 216 g/mol. The first-order chi connectivity index (χ1) is 7.77. The largest absolute Gasteiger partial charge is 0.471 e. The van der Waals surface area contributed by atoms with Crippen LogP contribution in [0.3, 0.4) is 0 Å². The van der Waals surface area contributed by atoms with Gasteiger partial charge >= 0.3 is 0 Å². The fourth-order valence-corrected chi connectivity index (χ4v) is 3.62. The van der Waals surface area contributed by atoms with Crippen LogP contribution in [-0.4, -0.2) is 11.5 Å². The van der Waals surface area contributed by atoms with Gasteiger partial charge in [-0.3, -0.25) is 5.41 Å². The Morgan fingerprint density at radius 1 is 1.12 bits per heavy atom. The van der Waals surface area contributed by atoms with Crippen LogP contribution in [0.1, 0.15) is 27.2 Å². The van der Waals surface area contributed by atoms with Crippen molar-refractivity contribution in [1.82, 2.24) is 0 Å². The second kappa shape index (κ2) is 2.60.